The molecule has 4 heteroatoms. The first-order chi connectivity index (χ1) is 9.83. The van der Waals surface area contributed by atoms with Crippen LogP contribution in [0.5, 0.6) is 0 Å². The SMILES string of the molecule is Cc1cc(-c2ccccc2)nnc1CN1CCOCC1. The molecule has 2 aromatic rings. The Balaban J connectivity index is 1.77. The van der Waals surface area contributed by atoms with Crippen LogP contribution in [0.4, 0.5) is 0 Å². The van der Waals surface area contributed by atoms with Crippen LogP contribution < -0.4 is 0 Å². The van der Waals surface area contributed by atoms with Gasteiger partial charge in [-0.3, -0.25) is 4.90 Å². The van der Waals surface area contributed by atoms with Gasteiger partial charge in [0, 0.05) is 25.2 Å². The molecule has 0 spiro atoms. The van der Waals surface area contributed by atoms with Crippen molar-refractivity contribution in [1.82, 2.24) is 15.1 Å². The van der Waals surface area contributed by atoms with Crippen LogP contribution in [0.25, 0.3) is 11.3 Å². The molecular weight excluding hydrogens is 250 g/mol. The molecule has 104 valence electrons. The van der Waals surface area contributed by atoms with E-state index in [-0.39, 0.29) is 0 Å². The minimum atomic E-state index is 0.814. The van der Waals surface area contributed by atoms with Crippen LogP contribution in [0.2, 0.25) is 0 Å². The summed E-state index contributed by atoms with van der Waals surface area (Å²) in [6.45, 7) is 6.54. The summed E-state index contributed by atoms with van der Waals surface area (Å²) in [5.74, 6) is 0. The molecule has 0 aliphatic carbocycles. The van der Waals surface area contributed by atoms with Crippen LogP contribution in [0, 0.1) is 6.92 Å². The first-order valence-electron chi connectivity index (χ1n) is 7.01. The number of morpholine rings is 1. The molecule has 0 N–H and O–H groups in total. The fourth-order valence-electron chi connectivity index (χ4n) is 2.39. The number of nitrogens with zero attached hydrogens (tertiary/aromatic N) is 3. The van der Waals surface area contributed by atoms with Crippen molar-refractivity contribution in [3.8, 4) is 11.3 Å². The Morgan fingerprint density at radius 1 is 1.10 bits per heavy atom. The van der Waals surface area contributed by atoms with Gasteiger partial charge in [0.25, 0.3) is 0 Å². The highest BCUT2D eigenvalue weighted by molar-refractivity contribution is 5.59. The van der Waals surface area contributed by atoms with Crippen LogP contribution in [0.3, 0.4) is 0 Å². The fraction of sp³-hybridized carbons (Fsp3) is 0.375. The quantitative estimate of drug-likeness (QED) is 0.857. The molecule has 0 amide bonds. The Bertz CT molecular complexity index is 565. The monoisotopic (exact) mass is 269 g/mol. The van der Waals surface area contributed by atoms with E-state index in [0.717, 1.165) is 49.8 Å². The Morgan fingerprint density at radius 3 is 2.55 bits per heavy atom. The molecule has 1 aromatic heterocycles. The number of benzene rings is 1. The lowest BCUT2D eigenvalue weighted by Crippen LogP contribution is -2.36. The molecule has 0 atom stereocenters. The van der Waals surface area contributed by atoms with Gasteiger partial charge in [0.1, 0.15) is 0 Å². The molecule has 1 saturated heterocycles. The Kier molecular flexibility index (Phi) is 4.04. The standard InChI is InChI=1S/C16H19N3O/c1-13-11-15(14-5-3-2-4-6-14)17-18-16(13)12-19-7-9-20-10-8-19/h2-6,11H,7-10,12H2,1H3. The second kappa shape index (κ2) is 6.11. The van der Waals surface area contributed by atoms with E-state index in [9.17, 15) is 0 Å². The van der Waals surface area contributed by atoms with Gasteiger partial charge in [-0.25, -0.2) is 0 Å². The van der Waals surface area contributed by atoms with Gasteiger partial charge in [-0.1, -0.05) is 30.3 Å². The van der Waals surface area contributed by atoms with E-state index < -0.39 is 0 Å². The molecular formula is C16H19N3O. The summed E-state index contributed by atoms with van der Waals surface area (Å²) in [6.07, 6.45) is 0. The summed E-state index contributed by atoms with van der Waals surface area (Å²) in [5.41, 5.74) is 4.31. The molecule has 0 bridgehead atoms. The Morgan fingerprint density at radius 2 is 1.85 bits per heavy atom. The van der Waals surface area contributed by atoms with Crippen molar-refractivity contribution in [2.24, 2.45) is 0 Å². The average Bonchev–Trinajstić information content (AvgIpc) is 2.51. The van der Waals surface area contributed by atoms with Crippen LogP contribution in [-0.2, 0) is 11.3 Å². The zero-order valence-corrected chi connectivity index (χ0v) is 11.7. The molecule has 0 unspecified atom stereocenters. The summed E-state index contributed by atoms with van der Waals surface area (Å²) in [6, 6.07) is 12.3. The minimum Gasteiger partial charge on any atom is -0.379 e. The van der Waals surface area contributed by atoms with E-state index in [1.807, 2.05) is 18.2 Å². The van der Waals surface area contributed by atoms with Crippen molar-refractivity contribution in [1.29, 1.82) is 0 Å². The maximum Gasteiger partial charge on any atom is 0.0932 e. The molecule has 0 saturated carbocycles. The summed E-state index contributed by atoms with van der Waals surface area (Å²) in [4.78, 5) is 2.36. The molecule has 4 nitrogen and oxygen atoms in total. The Hall–Kier alpha value is -1.78. The number of rotatable bonds is 3. The number of aryl methyl sites for hydroxylation is 1. The molecule has 0 radical (unpaired) electrons. The first kappa shape index (κ1) is 13.2. The maximum atomic E-state index is 5.37. The second-order valence-electron chi connectivity index (χ2n) is 5.11. The van der Waals surface area contributed by atoms with Crippen LogP contribution in [0.1, 0.15) is 11.3 Å². The third-order valence-corrected chi connectivity index (χ3v) is 3.63. The van der Waals surface area contributed by atoms with E-state index in [4.69, 9.17) is 4.74 Å². The van der Waals surface area contributed by atoms with E-state index in [1.165, 1.54) is 5.56 Å². The third-order valence-electron chi connectivity index (χ3n) is 3.63. The summed E-state index contributed by atoms with van der Waals surface area (Å²) in [7, 11) is 0. The molecule has 1 aliphatic heterocycles. The summed E-state index contributed by atoms with van der Waals surface area (Å²) in [5, 5.41) is 8.78. The van der Waals surface area contributed by atoms with E-state index in [1.54, 1.807) is 0 Å². The molecule has 1 fully saturated rings. The predicted octanol–water partition coefficient (Wildman–Crippen LogP) is 2.28. The highest BCUT2D eigenvalue weighted by Gasteiger charge is 2.13. The topological polar surface area (TPSA) is 38.2 Å². The predicted molar refractivity (Wildman–Crippen MR) is 78.3 cm³/mol. The van der Waals surface area contributed by atoms with Crippen molar-refractivity contribution in [2.45, 2.75) is 13.5 Å². The zero-order chi connectivity index (χ0) is 13.8. The van der Waals surface area contributed by atoms with Gasteiger partial charge in [-0.05, 0) is 18.6 Å². The molecule has 1 aliphatic rings. The summed E-state index contributed by atoms with van der Waals surface area (Å²) < 4.78 is 5.37. The van der Waals surface area contributed by atoms with Crippen LogP contribution in [-0.4, -0.2) is 41.4 Å². The Labute approximate surface area is 119 Å². The lowest BCUT2D eigenvalue weighted by molar-refractivity contribution is 0.0334. The third kappa shape index (κ3) is 3.03. The summed E-state index contributed by atoms with van der Waals surface area (Å²) >= 11 is 0. The average molecular weight is 269 g/mol. The maximum absolute atomic E-state index is 5.37. The number of ether oxygens (including phenoxy) is 1. The largest absolute Gasteiger partial charge is 0.379 e. The van der Waals surface area contributed by atoms with Gasteiger partial charge in [0.2, 0.25) is 0 Å². The second-order valence-corrected chi connectivity index (χ2v) is 5.11. The fourth-order valence-corrected chi connectivity index (χ4v) is 2.39. The lowest BCUT2D eigenvalue weighted by Gasteiger charge is -2.26. The first-order valence-corrected chi connectivity index (χ1v) is 7.01. The zero-order valence-electron chi connectivity index (χ0n) is 11.7. The van der Waals surface area contributed by atoms with Gasteiger partial charge < -0.3 is 4.74 Å². The van der Waals surface area contributed by atoms with Crippen molar-refractivity contribution < 1.29 is 4.74 Å². The van der Waals surface area contributed by atoms with Crippen molar-refractivity contribution >= 4 is 0 Å². The van der Waals surface area contributed by atoms with Crippen LogP contribution in [0.15, 0.2) is 36.4 Å². The van der Waals surface area contributed by atoms with Crippen molar-refractivity contribution in [2.75, 3.05) is 26.3 Å². The molecule has 20 heavy (non-hydrogen) atoms. The smallest absolute Gasteiger partial charge is 0.0932 e. The highest BCUT2D eigenvalue weighted by Crippen LogP contribution is 2.18. The van der Waals surface area contributed by atoms with Gasteiger partial charge in [0.15, 0.2) is 0 Å². The lowest BCUT2D eigenvalue weighted by atomic mass is 10.1. The number of hydrogen-bond donors (Lipinski definition) is 0. The molecule has 1 aromatic carbocycles. The van der Waals surface area contributed by atoms with Gasteiger partial charge in [-0.2, -0.15) is 10.2 Å². The number of aromatic nitrogens is 2. The van der Waals surface area contributed by atoms with Gasteiger partial charge in [-0.15, -0.1) is 0 Å². The highest BCUT2D eigenvalue weighted by atomic mass is 16.5. The van der Waals surface area contributed by atoms with E-state index >= 15 is 0 Å². The van der Waals surface area contributed by atoms with E-state index in [2.05, 4.69) is 40.2 Å². The molecule has 3 rings (SSSR count). The van der Waals surface area contributed by atoms with Gasteiger partial charge in [0.05, 0.1) is 24.6 Å². The minimum absolute atomic E-state index is 0.814. The van der Waals surface area contributed by atoms with E-state index in [0.29, 0.717) is 0 Å². The normalized spacial score (nSPS) is 16.2. The van der Waals surface area contributed by atoms with Crippen molar-refractivity contribution in [3.63, 3.8) is 0 Å². The number of hydrogen-bond acceptors (Lipinski definition) is 4. The van der Waals surface area contributed by atoms with Gasteiger partial charge >= 0.3 is 0 Å². The van der Waals surface area contributed by atoms with Crippen LogP contribution >= 0.6 is 0 Å². The van der Waals surface area contributed by atoms with Crippen molar-refractivity contribution in [3.05, 3.63) is 47.7 Å². The molecule has 2 heterocycles.